The van der Waals surface area contributed by atoms with E-state index in [0.29, 0.717) is 10.0 Å². The lowest BCUT2D eigenvalue weighted by molar-refractivity contribution is 1.17. The molecule has 0 bridgehead atoms. The lowest BCUT2D eigenvalue weighted by atomic mass is 10.1. The number of alkyl halides is 1. The lowest BCUT2D eigenvalue weighted by Crippen LogP contribution is -1.93. The van der Waals surface area contributed by atoms with Crippen molar-refractivity contribution < 1.29 is 0 Å². The highest BCUT2D eigenvalue weighted by molar-refractivity contribution is 14.1. The van der Waals surface area contributed by atoms with E-state index in [2.05, 4.69) is 56.7 Å². The number of hydrogen-bond acceptors (Lipinski definition) is 0. The molecule has 0 aliphatic rings. The van der Waals surface area contributed by atoms with Crippen molar-refractivity contribution in [2.45, 2.75) is 4.83 Å². The van der Waals surface area contributed by atoms with Gasteiger partial charge >= 0.3 is 0 Å². The zero-order valence-corrected chi connectivity index (χ0v) is 13.9. The molecule has 4 heteroatoms. The number of benzene rings is 2. The van der Waals surface area contributed by atoms with Crippen LogP contribution >= 0.6 is 61.7 Å². The zero-order valence-electron chi connectivity index (χ0n) is 8.63. The maximum absolute atomic E-state index is 6.02. The quantitative estimate of drug-likeness (QED) is 0.391. The molecule has 0 fully saturated rings. The maximum Gasteiger partial charge on any atom is 0.0645 e. The normalized spacial score (nSPS) is 12.5. The van der Waals surface area contributed by atoms with Gasteiger partial charge in [-0.2, -0.15) is 0 Å². The van der Waals surface area contributed by atoms with Crippen molar-refractivity contribution in [2.75, 3.05) is 0 Å². The summed E-state index contributed by atoms with van der Waals surface area (Å²) in [5.41, 5.74) is 2.30. The third-order valence-corrected chi connectivity index (χ3v) is 4.84. The topological polar surface area (TPSA) is 0 Å². The first-order chi connectivity index (χ1) is 8.08. The molecule has 88 valence electrons. The summed E-state index contributed by atoms with van der Waals surface area (Å²) in [5.74, 6) is 0. The SMILES string of the molecule is Clc1ccc(C(Br)c2cccc(I)c2)cc1Cl. The van der Waals surface area contributed by atoms with Crippen molar-refractivity contribution in [1.29, 1.82) is 0 Å². The van der Waals surface area contributed by atoms with Crippen molar-refractivity contribution in [2.24, 2.45) is 0 Å². The first-order valence-corrected chi connectivity index (χ1v) is 7.67. The van der Waals surface area contributed by atoms with Gasteiger partial charge in [-0.1, -0.05) is 57.3 Å². The van der Waals surface area contributed by atoms with Crippen LogP contribution < -0.4 is 0 Å². The van der Waals surface area contributed by atoms with Crippen LogP contribution in [0.5, 0.6) is 0 Å². The van der Waals surface area contributed by atoms with Gasteiger partial charge in [0.2, 0.25) is 0 Å². The van der Waals surface area contributed by atoms with Crippen LogP contribution in [-0.2, 0) is 0 Å². The van der Waals surface area contributed by atoms with Crippen LogP contribution in [0.15, 0.2) is 42.5 Å². The highest BCUT2D eigenvalue weighted by Crippen LogP contribution is 2.34. The Bertz CT molecular complexity index is 543. The van der Waals surface area contributed by atoms with E-state index in [9.17, 15) is 0 Å². The second-order valence-corrected chi connectivity index (χ2v) is 6.57. The zero-order chi connectivity index (χ0) is 12.4. The van der Waals surface area contributed by atoms with Crippen LogP contribution in [-0.4, -0.2) is 0 Å². The smallest absolute Gasteiger partial charge is 0.0645 e. The molecular formula is C13H8BrCl2I. The number of rotatable bonds is 2. The Labute approximate surface area is 133 Å². The molecule has 0 radical (unpaired) electrons. The van der Waals surface area contributed by atoms with Crippen molar-refractivity contribution in [3.8, 4) is 0 Å². The molecule has 2 aromatic carbocycles. The van der Waals surface area contributed by atoms with Crippen LogP contribution in [0.2, 0.25) is 10.0 Å². The molecule has 0 spiro atoms. The molecule has 0 heterocycles. The molecule has 0 saturated carbocycles. The van der Waals surface area contributed by atoms with Crippen LogP contribution in [0.25, 0.3) is 0 Å². The minimum atomic E-state index is 0.131. The molecular weight excluding hydrogens is 434 g/mol. The Morgan fingerprint density at radius 2 is 1.65 bits per heavy atom. The van der Waals surface area contributed by atoms with Crippen LogP contribution in [0.3, 0.4) is 0 Å². The molecule has 1 unspecified atom stereocenters. The van der Waals surface area contributed by atoms with Gasteiger partial charge in [0.05, 0.1) is 14.9 Å². The second kappa shape index (κ2) is 5.91. The van der Waals surface area contributed by atoms with E-state index in [-0.39, 0.29) is 4.83 Å². The monoisotopic (exact) mass is 440 g/mol. The van der Waals surface area contributed by atoms with Gasteiger partial charge in [-0.3, -0.25) is 0 Å². The predicted molar refractivity (Wildman–Crippen MR) is 86.4 cm³/mol. The van der Waals surface area contributed by atoms with Gasteiger partial charge in [0.25, 0.3) is 0 Å². The van der Waals surface area contributed by atoms with E-state index in [1.54, 1.807) is 0 Å². The van der Waals surface area contributed by atoms with Crippen molar-refractivity contribution in [1.82, 2.24) is 0 Å². The van der Waals surface area contributed by atoms with Gasteiger partial charge in [0.1, 0.15) is 0 Å². The minimum absolute atomic E-state index is 0.131. The van der Waals surface area contributed by atoms with Crippen molar-refractivity contribution >= 4 is 61.7 Å². The van der Waals surface area contributed by atoms with E-state index >= 15 is 0 Å². The highest BCUT2D eigenvalue weighted by Gasteiger charge is 2.11. The second-order valence-electron chi connectivity index (χ2n) is 3.59. The molecule has 0 aliphatic carbocycles. The first-order valence-electron chi connectivity index (χ1n) is 4.92. The molecule has 0 N–H and O–H groups in total. The average molecular weight is 442 g/mol. The Balaban J connectivity index is 2.36. The maximum atomic E-state index is 6.02. The molecule has 1 atom stereocenters. The average Bonchev–Trinajstić information content (AvgIpc) is 2.32. The van der Waals surface area contributed by atoms with Gasteiger partial charge in [-0.15, -0.1) is 0 Å². The van der Waals surface area contributed by atoms with E-state index in [0.717, 1.165) is 5.56 Å². The standard InChI is InChI=1S/C13H8BrCl2I/c14-13(8-2-1-3-10(17)6-8)9-4-5-11(15)12(16)7-9/h1-7,13H. The molecule has 0 nitrogen and oxygen atoms in total. The predicted octanol–water partition coefficient (Wildman–Crippen LogP) is 6.08. The Kier molecular flexibility index (Phi) is 4.75. The van der Waals surface area contributed by atoms with Gasteiger partial charge in [-0.05, 0) is 58.0 Å². The van der Waals surface area contributed by atoms with E-state index in [1.165, 1.54) is 9.13 Å². The van der Waals surface area contributed by atoms with Gasteiger partial charge in [-0.25, -0.2) is 0 Å². The van der Waals surface area contributed by atoms with Crippen LogP contribution in [0.4, 0.5) is 0 Å². The fraction of sp³-hybridized carbons (Fsp3) is 0.0769. The van der Waals surface area contributed by atoms with Crippen LogP contribution in [0.1, 0.15) is 16.0 Å². The molecule has 0 amide bonds. The minimum Gasteiger partial charge on any atom is -0.0827 e. The molecule has 0 saturated heterocycles. The number of halogens is 4. The Morgan fingerprint density at radius 1 is 0.941 bits per heavy atom. The first kappa shape index (κ1) is 13.7. The summed E-state index contributed by atoms with van der Waals surface area (Å²) in [6.07, 6.45) is 0. The van der Waals surface area contributed by atoms with Crippen molar-refractivity contribution in [3.63, 3.8) is 0 Å². The highest BCUT2D eigenvalue weighted by atomic mass is 127. The summed E-state index contributed by atoms with van der Waals surface area (Å²) >= 11 is 17.9. The molecule has 0 aliphatic heterocycles. The van der Waals surface area contributed by atoms with Gasteiger partial charge in [0, 0.05) is 3.57 Å². The van der Waals surface area contributed by atoms with Crippen molar-refractivity contribution in [3.05, 3.63) is 67.2 Å². The Hall–Kier alpha value is 0.230. The van der Waals surface area contributed by atoms with Gasteiger partial charge in [0.15, 0.2) is 0 Å². The molecule has 2 rings (SSSR count). The molecule has 2 aromatic rings. The summed E-state index contributed by atoms with van der Waals surface area (Å²) < 4.78 is 1.21. The number of hydrogen-bond donors (Lipinski definition) is 0. The lowest BCUT2D eigenvalue weighted by Gasteiger charge is -2.12. The van der Waals surface area contributed by atoms with Gasteiger partial charge < -0.3 is 0 Å². The third kappa shape index (κ3) is 3.37. The summed E-state index contributed by atoms with van der Waals surface area (Å²) in [7, 11) is 0. The van der Waals surface area contributed by atoms with E-state index < -0.39 is 0 Å². The summed E-state index contributed by atoms with van der Waals surface area (Å²) in [4.78, 5) is 0.131. The van der Waals surface area contributed by atoms with Crippen LogP contribution in [0, 0.1) is 3.57 Å². The third-order valence-electron chi connectivity index (χ3n) is 2.38. The fourth-order valence-electron chi connectivity index (χ4n) is 1.53. The fourth-order valence-corrected chi connectivity index (χ4v) is 2.97. The van der Waals surface area contributed by atoms with E-state index in [1.807, 2.05) is 24.3 Å². The largest absolute Gasteiger partial charge is 0.0827 e. The Morgan fingerprint density at radius 3 is 2.29 bits per heavy atom. The molecule has 0 aromatic heterocycles. The molecule has 17 heavy (non-hydrogen) atoms. The summed E-state index contributed by atoms with van der Waals surface area (Å²) in [5, 5.41) is 1.16. The van der Waals surface area contributed by atoms with E-state index in [4.69, 9.17) is 23.2 Å². The summed E-state index contributed by atoms with van der Waals surface area (Å²) in [6, 6.07) is 14.0. The summed E-state index contributed by atoms with van der Waals surface area (Å²) in [6.45, 7) is 0.